The SMILES string of the molecule is CC(C)C(NC(=O)c1cc(-c2cccs2)nc2c1cnn2C(C)C)C(=O)O. The third-order valence-electron chi connectivity index (χ3n) is 4.29. The summed E-state index contributed by atoms with van der Waals surface area (Å²) in [7, 11) is 0. The molecule has 1 unspecified atom stereocenters. The minimum atomic E-state index is -1.06. The molecule has 0 aliphatic carbocycles. The van der Waals surface area contributed by atoms with Crippen LogP contribution in [0.25, 0.3) is 21.6 Å². The molecule has 0 aliphatic rings. The van der Waals surface area contributed by atoms with Gasteiger partial charge in [-0.05, 0) is 37.3 Å². The van der Waals surface area contributed by atoms with Crippen molar-refractivity contribution in [2.75, 3.05) is 0 Å². The molecule has 0 bridgehead atoms. The van der Waals surface area contributed by atoms with Crippen LogP contribution in [0.3, 0.4) is 0 Å². The number of nitrogens with one attached hydrogen (secondary N) is 1. The minimum absolute atomic E-state index is 0.0759. The van der Waals surface area contributed by atoms with E-state index in [9.17, 15) is 14.7 Å². The summed E-state index contributed by atoms with van der Waals surface area (Å²) >= 11 is 1.53. The molecule has 0 aliphatic heterocycles. The largest absolute Gasteiger partial charge is 0.480 e. The molecule has 3 aromatic rings. The van der Waals surface area contributed by atoms with E-state index in [4.69, 9.17) is 4.98 Å². The Morgan fingerprint density at radius 3 is 2.56 bits per heavy atom. The lowest BCUT2D eigenvalue weighted by Gasteiger charge is -2.18. The van der Waals surface area contributed by atoms with Crippen LogP contribution in [-0.4, -0.2) is 37.8 Å². The molecule has 7 nitrogen and oxygen atoms in total. The Labute approximate surface area is 161 Å². The molecule has 1 amide bonds. The van der Waals surface area contributed by atoms with Gasteiger partial charge in [0.15, 0.2) is 5.65 Å². The highest BCUT2D eigenvalue weighted by Gasteiger charge is 2.26. The van der Waals surface area contributed by atoms with Crippen molar-refractivity contribution < 1.29 is 14.7 Å². The monoisotopic (exact) mass is 386 g/mol. The van der Waals surface area contributed by atoms with Crippen LogP contribution >= 0.6 is 11.3 Å². The predicted molar refractivity (Wildman–Crippen MR) is 105 cm³/mol. The van der Waals surface area contributed by atoms with E-state index in [0.717, 1.165) is 4.88 Å². The first-order valence-electron chi connectivity index (χ1n) is 8.75. The number of fused-ring (bicyclic) bond motifs is 1. The summed E-state index contributed by atoms with van der Waals surface area (Å²) in [6.07, 6.45) is 1.61. The highest BCUT2D eigenvalue weighted by molar-refractivity contribution is 7.13. The number of nitrogens with zero attached hydrogens (tertiary/aromatic N) is 3. The lowest BCUT2D eigenvalue weighted by Crippen LogP contribution is -2.44. The Morgan fingerprint density at radius 1 is 1.26 bits per heavy atom. The highest BCUT2D eigenvalue weighted by Crippen LogP contribution is 2.29. The Hall–Kier alpha value is -2.74. The summed E-state index contributed by atoms with van der Waals surface area (Å²) in [5.41, 5.74) is 1.65. The molecule has 142 valence electrons. The van der Waals surface area contributed by atoms with E-state index < -0.39 is 17.9 Å². The van der Waals surface area contributed by atoms with Gasteiger partial charge in [-0.3, -0.25) is 4.79 Å². The van der Waals surface area contributed by atoms with Crippen molar-refractivity contribution in [2.24, 2.45) is 5.92 Å². The van der Waals surface area contributed by atoms with E-state index in [0.29, 0.717) is 22.3 Å². The average molecular weight is 386 g/mol. The summed E-state index contributed by atoms with van der Waals surface area (Å²) in [5, 5.41) is 18.9. The molecule has 3 heterocycles. The van der Waals surface area contributed by atoms with Crippen LogP contribution in [0.1, 0.15) is 44.1 Å². The van der Waals surface area contributed by atoms with Gasteiger partial charge in [-0.1, -0.05) is 19.9 Å². The van der Waals surface area contributed by atoms with E-state index in [1.807, 2.05) is 31.4 Å². The molecule has 27 heavy (non-hydrogen) atoms. The van der Waals surface area contributed by atoms with Gasteiger partial charge in [0.1, 0.15) is 6.04 Å². The van der Waals surface area contributed by atoms with Crippen molar-refractivity contribution in [3.63, 3.8) is 0 Å². The normalized spacial score (nSPS) is 12.7. The number of rotatable bonds is 6. The van der Waals surface area contributed by atoms with Gasteiger partial charge in [0.25, 0.3) is 5.91 Å². The molecule has 0 spiro atoms. The molecule has 2 N–H and O–H groups in total. The Balaban J connectivity index is 2.13. The molecule has 0 fully saturated rings. The number of carboxylic acid groups (broad SMARTS) is 1. The zero-order valence-corrected chi connectivity index (χ0v) is 16.4. The Morgan fingerprint density at radius 2 is 2.00 bits per heavy atom. The number of aliphatic carboxylic acids is 1. The highest BCUT2D eigenvalue weighted by atomic mass is 32.1. The van der Waals surface area contributed by atoms with E-state index in [1.54, 1.807) is 30.8 Å². The number of hydrogen-bond donors (Lipinski definition) is 2. The minimum Gasteiger partial charge on any atom is -0.480 e. The molecule has 0 saturated heterocycles. The number of pyridine rings is 1. The Bertz CT molecular complexity index is 976. The fraction of sp³-hybridized carbons (Fsp3) is 0.368. The number of hydrogen-bond acceptors (Lipinski definition) is 5. The molecular weight excluding hydrogens is 364 g/mol. The first kappa shape index (κ1) is 19.0. The van der Waals surface area contributed by atoms with Crippen LogP contribution in [-0.2, 0) is 4.79 Å². The van der Waals surface area contributed by atoms with Crippen molar-refractivity contribution in [1.29, 1.82) is 0 Å². The summed E-state index contributed by atoms with van der Waals surface area (Å²) in [6, 6.07) is 4.67. The number of amides is 1. The maximum atomic E-state index is 12.9. The second-order valence-corrected chi connectivity index (χ2v) is 7.93. The third-order valence-corrected chi connectivity index (χ3v) is 5.19. The summed E-state index contributed by atoms with van der Waals surface area (Å²) in [5.74, 6) is -1.73. The number of thiophene rings is 1. The topological polar surface area (TPSA) is 97.1 Å². The van der Waals surface area contributed by atoms with E-state index >= 15 is 0 Å². The molecule has 3 aromatic heterocycles. The average Bonchev–Trinajstić information content (AvgIpc) is 3.26. The fourth-order valence-corrected chi connectivity index (χ4v) is 3.55. The van der Waals surface area contributed by atoms with Crippen LogP contribution < -0.4 is 5.32 Å². The predicted octanol–water partition coefficient (Wildman–Crippen LogP) is 3.58. The summed E-state index contributed by atoms with van der Waals surface area (Å²) in [6.45, 7) is 7.50. The first-order chi connectivity index (χ1) is 12.8. The quantitative estimate of drug-likeness (QED) is 0.675. The molecule has 0 aromatic carbocycles. The van der Waals surface area contributed by atoms with Crippen LogP contribution in [0.5, 0.6) is 0 Å². The van der Waals surface area contributed by atoms with Gasteiger partial charge in [-0.15, -0.1) is 11.3 Å². The van der Waals surface area contributed by atoms with Crippen LogP contribution in [0.4, 0.5) is 0 Å². The van der Waals surface area contributed by atoms with Gasteiger partial charge in [0, 0.05) is 6.04 Å². The van der Waals surface area contributed by atoms with Crippen molar-refractivity contribution in [2.45, 2.75) is 39.8 Å². The van der Waals surface area contributed by atoms with Crippen molar-refractivity contribution in [3.8, 4) is 10.6 Å². The second kappa shape index (κ2) is 7.48. The van der Waals surface area contributed by atoms with E-state index in [2.05, 4.69) is 10.4 Å². The van der Waals surface area contributed by atoms with Crippen LogP contribution in [0.15, 0.2) is 29.8 Å². The van der Waals surface area contributed by atoms with Crippen molar-refractivity contribution in [3.05, 3.63) is 35.3 Å². The zero-order chi connectivity index (χ0) is 19.7. The maximum Gasteiger partial charge on any atom is 0.326 e. The standard InChI is InChI=1S/C19H22N4O3S/c1-10(2)16(19(25)26)22-18(24)12-8-14(15-6-5-7-27-15)21-17-13(12)9-20-23(17)11(3)4/h5-11,16H,1-4H3,(H,22,24)(H,25,26). The molecular formula is C19H22N4O3S. The molecule has 0 saturated carbocycles. The maximum absolute atomic E-state index is 12.9. The number of carbonyl (C=O) groups excluding carboxylic acids is 1. The smallest absolute Gasteiger partial charge is 0.326 e. The van der Waals surface area contributed by atoms with E-state index in [-0.39, 0.29) is 12.0 Å². The molecule has 1 atom stereocenters. The van der Waals surface area contributed by atoms with Crippen molar-refractivity contribution >= 4 is 34.2 Å². The molecule has 3 rings (SSSR count). The number of carboxylic acids is 1. The zero-order valence-electron chi connectivity index (χ0n) is 15.6. The summed E-state index contributed by atoms with van der Waals surface area (Å²) in [4.78, 5) is 30.1. The lowest BCUT2D eigenvalue weighted by atomic mass is 10.0. The van der Waals surface area contributed by atoms with Gasteiger partial charge in [0.05, 0.1) is 27.7 Å². The lowest BCUT2D eigenvalue weighted by molar-refractivity contribution is -0.140. The van der Waals surface area contributed by atoms with Crippen molar-refractivity contribution in [1.82, 2.24) is 20.1 Å². The second-order valence-electron chi connectivity index (χ2n) is 6.99. The number of carbonyl (C=O) groups is 2. The van der Waals surface area contributed by atoms with Gasteiger partial charge in [0.2, 0.25) is 0 Å². The van der Waals surface area contributed by atoms with Crippen LogP contribution in [0, 0.1) is 5.92 Å². The fourth-order valence-electron chi connectivity index (χ4n) is 2.87. The Kier molecular flexibility index (Phi) is 5.27. The van der Waals surface area contributed by atoms with Gasteiger partial charge in [-0.25, -0.2) is 14.5 Å². The van der Waals surface area contributed by atoms with Crippen LogP contribution in [0.2, 0.25) is 0 Å². The molecule has 8 heteroatoms. The van der Waals surface area contributed by atoms with Gasteiger partial charge >= 0.3 is 5.97 Å². The third kappa shape index (κ3) is 3.71. The van der Waals surface area contributed by atoms with Gasteiger partial charge < -0.3 is 10.4 Å². The first-order valence-corrected chi connectivity index (χ1v) is 9.63. The van der Waals surface area contributed by atoms with E-state index in [1.165, 1.54) is 11.3 Å². The number of aromatic nitrogens is 3. The molecule has 0 radical (unpaired) electrons. The summed E-state index contributed by atoms with van der Waals surface area (Å²) < 4.78 is 1.76. The van der Waals surface area contributed by atoms with Gasteiger partial charge in [-0.2, -0.15) is 5.10 Å².